The zero-order valence-corrected chi connectivity index (χ0v) is 19.2. The van der Waals surface area contributed by atoms with Gasteiger partial charge in [0.1, 0.15) is 5.75 Å². The molecule has 0 atom stereocenters. The molecule has 0 spiro atoms. The van der Waals surface area contributed by atoms with Gasteiger partial charge < -0.3 is 10.2 Å². The summed E-state index contributed by atoms with van der Waals surface area (Å²) in [7, 11) is -7.38. The molecule has 168 valence electrons. The summed E-state index contributed by atoms with van der Waals surface area (Å²) in [6.07, 6.45) is 0. The number of piperazine rings is 1. The van der Waals surface area contributed by atoms with E-state index in [1.807, 2.05) is 25.1 Å². The minimum Gasteiger partial charge on any atom is -0.369 e. The van der Waals surface area contributed by atoms with Gasteiger partial charge in [0.2, 0.25) is 15.9 Å². The average molecular weight is 466 g/mol. The second-order valence-electron chi connectivity index (χ2n) is 7.43. The van der Waals surface area contributed by atoms with Crippen molar-refractivity contribution in [3.63, 3.8) is 0 Å². The molecule has 1 fully saturated rings. The van der Waals surface area contributed by atoms with E-state index in [-0.39, 0.29) is 29.4 Å². The molecule has 1 amide bonds. The molecular weight excluding hydrogens is 438 g/mol. The Kier molecular flexibility index (Phi) is 7.03. The molecule has 10 heteroatoms. The van der Waals surface area contributed by atoms with Crippen molar-refractivity contribution in [1.82, 2.24) is 4.31 Å². The van der Waals surface area contributed by atoms with Crippen LogP contribution in [0.25, 0.3) is 0 Å². The molecule has 0 bridgehead atoms. The molecule has 1 heterocycles. The maximum Gasteiger partial charge on any atom is 0.241 e. The number of sulfonamides is 1. The predicted octanol–water partition coefficient (Wildman–Crippen LogP) is 1.88. The van der Waals surface area contributed by atoms with Gasteiger partial charge in [0.25, 0.3) is 0 Å². The van der Waals surface area contributed by atoms with Gasteiger partial charge >= 0.3 is 0 Å². The Labute approximate surface area is 183 Å². The molecule has 3 rings (SSSR count). The number of aryl methyl sites for hydroxylation is 1. The third-order valence-electron chi connectivity index (χ3n) is 5.19. The van der Waals surface area contributed by atoms with Gasteiger partial charge in [0.15, 0.2) is 9.84 Å². The number of sulfone groups is 1. The van der Waals surface area contributed by atoms with Crippen LogP contribution in [0.5, 0.6) is 0 Å². The zero-order valence-electron chi connectivity index (χ0n) is 17.6. The molecule has 0 aromatic heterocycles. The molecule has 8 nitrogen and oxygen atoms in total. The number of hydrogen-bond donors (Lipinski definition) is 1. The van der Waals surface area contributed by atoms with E-state index in [0.717, 1.165) is 11.3 Å². The van der Waals surface area contributed by atoms with Gasteiger partial charge in [-0.15, -0.1) is 0 Å². The van der Waals surface area contributed by atoms with Crippen molar-refractivity contribution in [3.8, 4) is 0 Å². The lowest BCUT2D eigenvalue weighted by molar-refractivity contribution is -0.113. The SMILES string of the molecule is CCS(=O)(=O)c1ccccc1NC(=O)CS(=O)(=O)N1CCN(c2cccc(C)c2)CC1. The van der Waals surface area contributed by atoms with Crippen molar-refractivity contribution >= 4 is 37.1 Å². The number of benzene rings is 2. The van der Waals surface area contributed by atoms with Crippen molar-refractivity contribution in [2.75, 3.05) is 47.9 Å². The highest BCUT2D eigenvalue weighted by molar-refractivity contribution is 7.91. The van der Waals surface area contributed by atoms with E-state index in [1.54, 1.807) is 12.1 Å². The quantitative estimate of drug-likeness (QED) is 0.670. The van der Waals surface area contributed by atoms with Gasteiger partial charge in [0, 0.05) is 31.9 Å². The first-order valence-corrected chi connectivity index (χ1v) is 13.3. The average Bonchev–Trinajstić information content (AvgIpc) is 2.73. The summed E-state index contributed by atoms with van der Waals surface area (Å²) in [5, 5.41) is 2.45. The molecule has 1 N–H and O–H groups in total. The lowest BCUT2D eigenvalue weighted by Crippen LogP contribution is -2.50. The van der Waals surface area contributed by atoms with Gasteiger partial charge in [-0.1, -0.05) is 31.2 Å². The van der Waals surface area contributed by atoms with Gasteiger partial charge in [-0.05, 0) is 36.8 Å². The van der Waals surface area contributed by atoms with Crippen LogP contribution in [0.2, 0.25) is 0 Å². The fraction of sp³-hybridized carbons (Fsp3) is 0.381. The van der Waals surface area contributed by atoms with Crippen LogP contribution in [-0.4, -0.2) is 64.7 Å². The van der Waals surface area contributed by atoms with Crippen LogP contribution in [0.4, 0.5) is 11.4 Å². The highest BCUT2D eigenvalue weighted by Gasteiger charge is 2.29. The summed E-state index contributed by atoms with van der Waals surface area (Å²) in [4.78, 5) is 14.5. The molecule has 1 aliphatic rings. The Morgan fingerprint density at radius 1 is 0.968 bits per heavy atom. The van der Waals surface area contributed by atoms with E-state index < -0.39 is 31.5 Å². The standard InChI is InChI=1S/C21H27N3O5S2/c1-3-30(26,27)20-10-5-4-9-19(20)22-21(25)16-31(28,29)24-13-11-23(12-14-24)18-8-6-7-17(2)15-18/h4-10,15H,3,11-14,16H2,1-2H3,(H,22,25). The molecule has 0 saturated carbocycles. The Morgan fingerprint density at radius 2 is 1.65 bits per heavy atom. The summed E-state index contributed by atoms with van der Waals surface area (Å²) in [5.74, 6) is -1.62. The van der Waals surface area contributed by atoms with E-state index >= 15 is 0 Å². The van der Waals surface area contributed by atoms with Gasteiger partial charge in [0.05, 0.1) is 16.3 Å². The fourth-order valence-corrected chi connectivity index (χ4v) is 5.85. The van der Waals surface area contributed by atoms with E-state index in [9.17, 15) is 21.6 Å². The van der Waals surface area contributed by atoms with Gasteiger partial charge in [-0.2, -0.15) is 4.31 Å². The van der Waals surface area contributed by atoms with E-state index in [0.29, 0.717) is 13.1 Å². The summed E-state index contributed by atoms with van der Waals surface area (Å²) >= 11 is 0. The monoisotopic (exact) mass is 465 g/mol. The van der Waals surface area contributed by atoms with Crippen molar-refractivity contribution < 1.29 is 21.6 Å². The molecule has 2 aromatic rings. The van der Waals surface area contributed by atoms with Gasteiger partial charge in [-0.25, -0.2) is 16.8 Å². The maximum absolute atomic E-state index is 12.7. The van der Waals surface area contributed by atoms with Crippen LogP contribution < -0.4 is 10.2 Å². The van der Waals surface area contributed by atoms with Crippen molar-refractivity contribution in [1.29, 1.82) is 0 Å². The lowest BCUT2D eigenvalue weighted by atomic mass is 10.2. The van der Waals surface area contributed by atoms with E-state index in [4.69, 9.17) is 0 Å². The molecule has 1 aliphatic heterocycles. The number of amides is 1. The molecule has 0 aliphatic carbocycles. The fourth-order valence-electron chi connectivity index (χ4n) is 3.49. The second kappa shape index (κ2) is 9.37. The van der Waals surface area contributed by atoms with Crippen LogP contribution in [0.1, 0.15) is 12.5 Å². The number of carbonyl (C=O) groups is 1. The predicted molar refractivity (Wildman–Crippen MR) is 122 cm³/mol. The molecule has 31 heavy (non-hydrogen) atoms. The highest BCUT2D eigenvalue weighted by Crippen LogP contribution is 2.23. The normalized spacial score (nSPS) is 15.6. The molecule has 1 saturated heterocycles. The van der Waals surface area contributed by atoms with Crippen molar-refractivity contribution in [2.45, 2.75) is 18.7 Å². The van der Waals surface area contributed by atoms with Crippen LogP contribution >= 0.6 is 0 Å². The zero-order chi connectivity index (χ0) is 22.6. The number of nitrogens with zero attached hydrogens (tertiary/aromatic N) is 2. The minimum absolute atomic E-state index is 0.0185. The van der Waals surface area contributed by atoms with Crippen molar-refractivity contribution in [3.05, 3.63) is 54.1 Å². The smallest absolute Gasteiger partial charge is 0.241 e. The van der Waals surface area contributed by atoms with Crippen LogP contribution in [-0.2, 0) is 24.7 Å². The molecule has 0 unspecified atom stereocenters. The third-order valence-corrected chi connectivity index (χ3v) is 8.75. The number of carbonyl (C=O) groups excluding carboxylic acids is 1. The number of para-hydroxylation sites is 1. The molecule has 2 aromatic carbocycles. The molecule has 0 radical (unpaired) electrons. The number of nitrogens with one attached hydrogen (secondary N) is 1. The second-order valence-corrected chi connectivity index (χ2v) is 11.6. The summed E-state index contributed by atoms with van der Waals surface area (Å²) in [5.41, 5.74) is 2.27. The van der Waals surface area contributed by atoms with E-state index in [2.05, 4.69) is 16.3 Å². The summed E-state index contributed by atoms with van der Waals surface area (Å²) in [6, 6.07) is 14.0. The Balaban J connectivity index is 1.64. The first kappa shape index (κ1) is 23.2. The van der Waals surface area contributed by atoms with Crippen LogP contribution in [0.3, 0.4) is 0 Å². The Hall–Kier alpha value is -2.43. The van der Waals surface area contributed by atoms with Crippen LogP contribution in [0.15, 0.2) is 53.4 Å². The molecular formula is C21H27N3O5S2. The Morgan fingerprint density at radius 3 is 2.29 bits per heavy atom. The number of anilines is 2. The summed E-state index contributed by atoms with van der Waals surface area (Å²) in [6.45, 7) is 5.14. The minimum atomic E-state index is -3.83. The van der Waals surface area contributed by atoms with E-state index in [1.165, 1.54) is 23.4 Å². The number of rotatable bonds is 7. The van der Waals surface area contributed by atoms with Crippen LogP contribution in [0, 0.1) is 6.92 Å². The first-order valence-electron chi connectivity index (χ1n) is 10.0. The van der Waals surface area contributed by atoms with Crippen molar-refractivity contribution in [2.24, 2.45) is 0 Å². The first-order chi connectivity index (χ1) is 14.6. The largest absolute Gasteiger partial charge is 0.369 e. The lowest BCUT2D eigenvalue weighted by Gasteiger charge is -2.35. The topological polar surface area (TPSA) is 104 Å². The number of hydrogen-bond acceptors (Lipinski definition) is 6. The maximum atomic E-state index is 12.7. The third kappa shape index (κ3) is 5.63. The highest BCUT2D eigenvalue weighted by atomic mass is 32.2. The Bertz CT molecular complexity index is 1160. The summed E-state index contributed by atoms with van der Waals surface area (Å²) < 4.78 is 51.3. The van der Waals surface area contributed by atoms with Gasteiger partial charge in [-0.3, -0.25) is 4.79 Å².